The minimum atomic E-state index is 0.734. The molecule has 19 heavy (non-hydrogen) atoms. The maximum atomic E-state index is 6.08. The van der Waals surface area contributed by atoms with Crippen LogP contribution in [0.25, 0.3) is 10.2 Å². The van der Waals surface area contributed by atoms with Crippen LogP contribution in [0.5, 0.6) is 0 Å². The third kappa shape index (κ3) is 2.91. The molecule has 96 valence electrons. The van der Waals surface area contributed by atoms with Crippen molar-refractivity contribution in [2.75, 3.05) is 5.32 Å². The lowest BCUT2D eigenvalue weighted by Crippen LogP contribution is -1.99. The monoisotopic (exact) mass is 352 g/mol. The van der Waals surface area contributed by atoms with Crippen LogP contribution < -0.4 is 5.32 Å². The van der Waals surface area contributed by atoms with Gasteiger partial charge in [-0.1, -0.05) is 17.7 Å². The van der Waals surface area contributed by atoms with Gasteiger partial charge in [0.15, 0.2) is 0 Å². The molecule has 2 aromatic carbocycles. The Labute approximate surface area is 128 Å². The van der Waals surface area contributed by atoms with Crippen molar-refractivity contribution >= 4 is 54.8 Å². The molecule has 3 rings (SSSR count). The van der Waals surface area contributed by atoms with Crippen LogP contribution >= 0.6 is 38.9 Å². The van der Waals surface area contributed by atoms with E-state index in [-0.39, 0.29) is 0 Å². The van der Waals surface area contributed by atoms with E-state index in [2.05, 4.69) is 32.3 Å². The second kappa shape index (κ2) is 5.49. The fraction of sp³-hybridized carbons (Fsp3) is 0.0714. The molecule has 0 aliphatic carbocycles. The van der Waals surface area contributed by atoms with Gasteiger partial charge < -0.3 is 5.32 Å². The molecule has 0 aliphatic heterocycles. The van der Waals surface area contributed by atoms with Crippen LogP contribution in [0.4, 0.5) is 5.69 Å². The van der Waals surface area contributed by atoms with E-state index in [1.54, 1.807) is 11.3 Å². The average molecular weight is 354 g/mol. The van der Waals surface area contributed by atoms with Gasteiger partial charge in [0.2, 0.25) is 0 Å². The number of nitrogens with one attached hydrogen (secondary N) is 1. The molecule has 1 N–H and O–H groups in total. The van der Waals surface area contributed by atoms with Crippen LogP contribution in [0.3, 0.4) is 0 Å². The largest absolute Gasteiger partial charge is 0.381 e. The number of hydrogen-bond acceptors (Lipinski definition) is 3. The van der Waals surface area contributed by atoms with E-state index < -0.39 is 0 Å². The van der Waals surface area contributed by atoms with Crippen LogP contribution in [0.2, 0.25) is 5.02 Å². The van der Waals surface area contributed by atoms with Crippen molar-refractivity contribution in [1.29, 1.82) is 0 Å². The van der Waals surface area contributed by atoms with Crippen molar-refractivity contribution in [3.05, 3.63) is 57.0 Å². The Bertz CT molecular complexity index is 726. The number of fused-ring (bicyclic) bond motifs is 1. The first kappa shape index (κ1) is 12.9. The highest BCUT2D eigenvalue weighted by molar-refractivity contribution is 9.10. The number of thiazole rings is 1. The molecule has 0 amide bonds. The Morgan fingerprint density at radius 3 is 2.95 bits per heavy atom. The SMILES string of the molecule is Clc1cc(CNc2ccc3ncsc3c2)ccc1Br. The molecule has 3 aromatic rings. The molecule has 5 heteroatoms. The van der Waals surface area contributed by atoms with E-state index in [4.69, 9.17) is 11.6 Å². The third-order valence-electron chi connectivity index (χ3n) is 2.81. The van der Waals surface area contributed by atoms with E-state index >= 15 is 0 Å². The van der Waals surface area contributed by atoms with Crippen molar-refractivity contribution in [2.45, 2.75) is 6.54 Å². The van der Waals surface area contributed by atoms with Gasteiger partial charge in [0.25, 0.3) is 0 Å². The van der Waals surface area contributed by atoms with Gasteiger partial charge in [-0.15, -0.1) is 11.3 Å². The van der Waals surface area contributed by atoms with Crippen molar-refractivity contribution in [1.82, 2.24) is 4.98 Å². The maximum Gasteiger partial charge on any atom is 0.0813 e. The lowest BCUT2D eigenvalue weighted by Gasteiger charge is -2.07. The zero-order chi connectivity index (χ0) is 13.2. The standard InChI is InChI=1S/C14H10BrClN2S/c15-11-3-1-9(5-12(11)16)7-17-10-2-4-13-14(6-10)19-8-18-13/h1-6,8,17H,7H2. The Morgan fingerprint density at radius 1 is 1.21 bits per heavy atom. The quantitative estimate of drug-likeness (QED) is 0.689. The minimum absolute atomic E-state index is 0.734. The fourth-order valence-electron chi connectivity index (χ4n) is 1.82. The van der Waals surface area contributed by atoms with Crippen LogP contribution in [-0.4, -0.2) is 4.98 Å². The molecular weight excluding hydrogens is 344 g/mol. The second-order valence-corrected chi connectivity index (χ2v) is 6.28. The molecule has 0 saturated carbocycles. The molecule has 1 aromatic heterocycles. The number of benzene rings is 2. The first-order chi connectivity index (χ1) is 9.22. The maximum absolute atomic E-state index is 6.08. The molecular formula is C14H10BrClN2S. The molecule has 0 aliphatic rings. The summed E-state index contributed by atoms with van der Waals surface area (Å²) in [6.45, 7) is 0.747. The Kier molecular flexibility index (Phi) is 3.73. The van der Waals surface area contributed by atoms with Gasteiger partial charge in [-0.3, -0.25) is 0 Å². The number of rotatable bonds is 3. The zero-order valence-electron chi connectivity index (χ0n) is 9.86. The van der Waals surface area contributed by atoms with Gasteiger partial charge in [-0.05, 0) is 51.8 Å². The smallest absolute Gasteiger partial charge is 0.0813 e. The topological polar surface area (TPSA) is 24.9 Å². The van der Waals surface area contributed by atoms with E-state index in [0.29, 0.717) is 0 Å². The van der Waals surface area contributed by atoms with Gasteiger partial charge >= 0.3 is 0 Å². The molecule has 0 saturated heterocycles. The Hall–Kier alpha value is -1.10. The Balaban J connectivity index is 1.75. The van der Waals surface area contributed by atoms with Crippen molar-refractivity contribution < 1.29 is 0 Å². The summed E-state index contributed by atoms with van der Waals surface area (Å²) in [6.07, 6.45) is 0. The van der Waals surface area contributed by atoms with Gasteiger partial charge in [-0.25, -0.2) is 4.98 Å². The minimum Gasteiger partial charge on any atom is -0.381 e. The summed E-state index contributed by atoms with van der Waals surface area (Å²) in [5.41, 5.74) is 5.15. The summed E-state index contributed by atoms with van der Waals surface area (Å²) in [6, 6.07) is 12.2. The molecule has 0 unspecified atom stereocenters. The summed E-state index contributed by atoms with van der Waals surface area (Å²) < 4.78 is 2.11. The molecule has 2 nitrogen and oxygen atoms in total. The van der Waals surface area contributed by atoms with Crippen molar-refractivity contribution in [2.24, 2.45) is 0 Å². The van der Waals surface area contributed by atoms with Crippen molar-refractivity contribution in [3.8, 4) is 0 Å². The highest BCUT2D eigenvalue weighted by Crippen LogP contribution is 2.25. The van der Waals surface area contributed by atoms with E-state index in [0.717, 1.165) is 32.8 Å². The van der Waals surface area contributed by atoms with Gasteiger partial charge in [0.05, 0.1) is 20.7 Å². The predicted molar refractivity (Wildman–Crippen MR) is 86.1 cm³/mol. The molecule has 1 heterocycles. The summed E-state index contributed by atoms with van der Waals surface area (Å²) in [7, 11) is 0. The van der Waals surface area contributed by atoms with Gasteiger partial charge in [0.1, 0.15) is 0 Å². The molecule has 0 bridgehead atoms. The third-order valence-corrected chi connectivity index (χ3v) is 4.84. The van der Waals surface area contributed by atoms with E-state index in [9.17, 15) is 0 Å². The summed E-state index contributed by atoms with van der Waals surface area (Å²) in [5, 5.41) is 4.13. The molecule has 0 fully saturated rings. The number of nitrogens with zero attached hydrogens (tertiary/aromatic N) is 1. The summed E-state index contributed by atoms with van der Waals surface area (Å²) >= 11 is 11.1. The fourth-order valence-corrected chi connectivity index (χ4v) is 2.98. The van der Waals surface area contributed by atoms with Crippen LogP contribution in [0.1, 0.15) is 5.56 Å². The highest BCUT2D eigenvalue weighted by atomic mass is 79.9. The predicted octanol–water partition coefficient (Wildman–Crippen LogP) is 5.32. The number of hydrogen-bond donors (Lipinski definition) is 1. The molecule has 0 atom stereocenters. The summed E-state index contributed by atoms with van der Waals surface area (Å²) in [5.74, 6) is 0. The number of anilines is 1. The lowest BCUT2D eigenvalue weighted by atomic mass is 10.2. The average Bonchev–Trinajstić information content (AvgIpc) is 2.87. The summed E-state index contributed by atoms with van der Waals surface area (Å²) in [4.78, 5) is 4.27. The van der Waals surface area contributed by atoms with E-state index in [1.807, 2.05) is 35.8 Å². The first-order valence-electron chi connectivity index (χ1n) is 5.73. The number of halogens is 2. The zero-order valence-corrected chi connectivity index (χ0v) is 13.0. The molecule has 0 radical (unpaired) electrons. The first-order valence-corrected chi connectivity index (χ1v) is 7.78. The van der Waals surface area contributed by atoms with Crippen LogP contribution in [0.15, 0.2) is 46.4 Å². The Morgan fingerprint density at radius 2 is 2.11 bits per heavy atom. The normalized spacial score (nSPS) is 10.8. The van der Waals surface area contributed by atoms with Crippen LogP contribution in [0, 0.1) is 0 Å². The second-order valence-electron chi connectivity index (χ2n) is 4.14. The van der Waals surface area contributed by atoms with Crippen molar-refractivity contribution in [3.63, 3.8) is 0 Å². The van der Waals surface area contributed by atoms with Gasteiger partial charge in [0, 0.05) is 16.7 Å². The lowest BCUT2D eigenvalue weighted by molar-refractivity contribution is 1.15. The van der Waals surface area contributed by atoms with Gasteiger partial charge in [-0.2, -0.15) is 0 Å². The highest BCUT2D eigenvalue weighted by Gasteiger charge is 2.01. The van der Waals surface area contributed by atoms with Crippen LogP contribution in [-0.2, 0) is 6.54 Å². The van der Waals surface area contributed by atoms with E-state index in [1.165, 1.54) is 4.70 Å². The molecule has 0 spiro atoms. The number of aromatic nitrogens is 1.